The highest BCUT2D eigenvalue weighted by Crippen LogP contribution is 2.35. The van der Waals surface area contributed by atoms with Crippen molar-refractivity contribution in [3.8, 4) is 0 Å². The number of hydroxylamine groups is 1. The lowest BCUT2D eigenvalue weighted by molar-refractivity contribution is -0.145. The van der Waals surface area contributed by atoms with E-state index in [2.05, 4.69) is 10.8 Å². The molecule has 2 N–H and O–H groups in total. The van der Waals surface area contributed by atoms with E-state index < -0.39 is 5.92 Å². The molecule has 1 aromatic rings. The van der Waals surface area contributed by atoms with Gasteiger partial charge in [-0.1, -0.05) is 51.1 Å². The molecule has 0 bridgehead atoms. The van der Waals surface area contributed by atoms with E-state index in [9.17, 15) is 9.59 Å². The molecule has 1 aliphatic heterocycles. The fourth-order valence-corrected chi connectivity index (χ4v) is 2.56. The van der Waals surface area contributed by atoms with Crippen molar-refractivity contribution in [3.63, 3.8) is 0 Å². The van der Waals surface area contributed by atoms with Crippen LogP contribution in [0.2, 0.25) is 0 Å². The van der Waals surface area contributed by atoms with E-state index in [-0.39, 0.29) is 29.8 Å². The Morgan fingerprint density at radius 1 is 1.33 bits per heavy atom. The lowest BCUT2D eigenvalue weighted by Crippen LogP contribution is -2.40. The van der Waals surface area contributed by atoms with E-state index in [1.165, 1.54) is 0 Å². The molecule has 2 amide bonds. The highest BCUT2D eigenvalue weighted by molar-refractivity contribution is 6.01. The zero-order chi connectivity index (χ0) is 15.5. The van der Waals surface area contributed by atoms with Gasteiger partial charge in [0, 0.05) is 12.5 Å². The van der Waals surface area contributed by atoms with Gasteiger partial charge in [0.1, 0.15) is 5.92 Å². The largest absolute Gasteiger partial charge is 0.355 e. The Balaban J connectivity index is 1.91. The molecule has 5 nitrogen and oxygen atoms in total. The average Bonchev–Trinajstić information content (AvgIpc) is 2.82. The molecule has 0 aliphatic carbocycles. The molecule has 2 atom stereocenters. The highest BCUT2D eigenvalue weighted by atomic mass is 16.6. The van der Waals surface area contributed by atoms with Crippen LogP contribution in [0.3, 0.4) is 0 Å². The summed E-state index contributed by atoms with van der Waals surface area (Å²) in [6.45, 7) is 6.90. The molecule has 1 saturated heterocycles. The Labute approximate surface area is 125 Å². The van der Waals surface area contributed by atoms with Crippen LogP contribution >= 0.6 is 0 Å². The third-order valence-corrected chi connectivity index (χ3v) is 3.83. The van der Waals surface area contributed by atoms with Crippen molar-refractivity contribution in [1.29, 1.82) is 0 Å². The summed E-state index contributed by atoms with van der Waals surface area (Å²) in [6, 6.07) is 9.54. The monoisotopic (exact) mass is 290 g/mol. The Morgan fingerprint density at radius 3 is 2.62 bits per heavy atom. The minimum absolute atomic E-state index is 0.0367. The van der Waals surface area contributed by atoms with Crippen molar-refractivity contribution >= 4 is 11.8 Å². The van der Waals surface area contributed by atoms with Gasteiger partial charge < -0.3 is 5.32 Å². The van der Waals surface area contributed by atoms with Crippen LogP contribution in [0, 0.1) is 17.3 Å². The number of rotatable bonds is 4. The molecule has 1 fully saturated rings. The summed E-state index contributed by atoms with van der Waals surface area (Å²) in [6.07, 6.45) is 0. The van der Waals surface area contributed by atoms with Crippen LogP contribution in [-0.2, 0) is 21.0 Å². The van der Waals surface area contributed by atoms with E-state index >= 15 is 0 Å². The van der Waals surface area contributed by atoms with Crippen LogP contribution in [-0.4, -0.2) is 18.4 Å². The van der Waals surface area contributed by atoms with Gasteiger partial charge in [-0.15, -0.1) is 0 Å². The number of carbonyl (C=O) groups excluding carboxylic acids is 2. The van der Waals surface area contributed by atoms with E-state index in [1.54, 1.807) is 0 Å². The lowest BCUT2D eigenvalue weighted by Gasteiger charge is -2.29. The van der Waals surface area contributed by atoms with Crippen LogP contribution in [0.15, 0.2) is 30.3 Å². The maximum atomic E-state index is 12.2. The third kappa shape index (κ3) is 3.82. The van der Waals surface area contributed by atoms with Crippen LogP contribution in [0.1, 0.15) is 26.3 Å². The Bertz CT molecular complexity index is 508. The van der Waals surface area contributed by atoms with Gasteiger partial charge >= 0.3 is 0 Å². The molecular weight excluding hydrogens is 268 g/mol. The molecule has 1 aliphatic rings. The van der Waals surface area contributed by atoms with Gasteiger partial charge in [0.25, 0.3) is 5.91 Å². The second-order valence-electron chi connectivity index (χ2n) is 6.44. The molecule has 0 aromatic heterocycles. The Morgan fingerprint density at radius 2 is 2.00 bits per heavy atom. The van der Waals surface area contributed by atoms with E-state index in [1.807, 2.05) is 51.1 Å². The second-order valence-corrected chi connectivity index (χ2v) is 6.44. The lowest BCUT2D eigenvalue weighted by atomic mass is 9.74. The van der Waals surface area contributed by atoms with E-state index in [0.717, 1.165) is 5.56 Å². The molecule has 0 spiro atoms. The zero-order valence-electron chi connectivity index (χ0n) is 12.7. The topological polar surface area (TPSA) is 67.4 Å². The van der Waals surface area contributed by atoms with Crippen LogP contribution in [0.25, 0.3) is 0 Å². The number of carbonyl (C=O) groups is 2. The van der Waals surface area contributed by atoms with Gasteiger partial charge in [0.05, 0.1) is 6.61 Å². The molecule has 2 unspecified atom stereocenters. The van der Waals surface area contributed by atoms with Crippen molar-refractivity contribution in [2.45, 2.75) is 27.4 Å². The zero-order valence-corrected chi connectivity index (χ0v) is 12.7. The van der Waals surface area contributed by atoms with Crippen molar-refractivity contribution < 1.29 is 14.4 Å². The maximum absolute atomic E-state index is 12.2. The molecule has 1 aromatic carbocycles. The standard InChI is InChI=1S/C16H22N2O3/c1-16(2,3)12-9-17-14(19)13(12)15(20)18-21-10-11-7-5-4-6-8-11/h4-8,12-13H,9-10H2,1-3H3,(H,17,19)(H,18,20). The van der Waals surface area contributed by atoms with Crippen molar-refractivity contribution in [2.24, 2.45) is 17.3 Å². The Kier molecular flexibility index (Phi) is 4.63. The average molecular weight is 290 g/mol. The van der Waals surface area contributed by atoms with Crippen molar-refractivity contribution in [1.82, 2.24) is 10.8 Å². The fraction of sp³-hybridized carbons (Fsp3) is 0.500. The molecule has 2 rings (SSSR count). The summed E-state index contributed by atoms with van der Waals surface area (Å²) >= 11 is 0. The number of nitrogens with one attached hydrogen (secondary N) is 2. The maximum Gasteiger partial charge on any atom is 0.256 e. The first-order valence-corrected chi connectivity index (χ1v) is 7.13. The van der Waals surface area contributed by atoms with Gasteiger partial charge in [-0.2, -0.15) is 0 Å². The van der Waals surface area contributed by atoms with Gasteiger partial charge in [0.2, 0.25) is 5.91 Å². The summed E-state index contributed by atoms with van der Waals surface area (Å²) in [5.74, 6) is -1.33. The number of amides is 2. The highest BCUT2D eigenvalue weighted by Gasteiger charge is 2.45. The molecule has 1 heterocycles. The smallest absolute Gasteiger partial charge is 0.256 e. The number of benzene rings is 1. The third-order valence-electron chi connectivity index (χ3n) is 3.83. The van der Waals surface area contributed by atoms with Crippen molar-refractivity contribution in [3.05, 3.63) is 35.9 Å². The molecule has 21 heavy (non-hydrogen) atoms. The SMILES string of the molecule is CC(C)(C)C1CNC(=O)C1C(=O)NOCc1ccccc1. The molecule has 114 valence electrons. The van der Waals surface area contributed by atoms with E-state index in [4.69, 9.17) is 4.84 Å². The summed E-state index contributed by atoms with van der Waals surface area (Å²) in [7, 11) is 0. The van der Waals surface area contributed by atoms with Gasteiger partial charge in [0.15, 0.2) is 0 Å². The molecule has 0 saturated carbocycles. The van der Waals surface area contributed by atoms with Gasteiger partial charge in [-0.25, -0.2) is 5.48 Å². The van der Waals surface area contributed by atoms with Crippen LogP contribution in [0.4, 0.5) is 0 Å². The quantitative estimate of drug-likeness (QED) is 0.654. The first kappa shape index (κ1) is 15.5. The number of hydrogen-bond donors (Lipinski definition) is 2. The summed E-state index contributed by atoms with van der Waals surface area (Å²) < 4.78 is 0. The Hall–Kier alpha value is -1.88. The molecule has 0 radical (unpaired) electrons. The predicted molar refractivity (Wildman–Crippen MR) is 78.8 cm³/mol. The minimum atomic E-state index is -0.694. The number of hydrogen-bond acceptors (Lipinski definition) is 3. The van der Waals surface area contributed by atoms with Gasteiger partial charge in [-0.05, 0) is 11.0 Å². The van der Waals surface area contributed by atoms with Crippen molar-refractivity contribution in [2.75, 3.05) is 6.54 Å². The summed E-state index contributed by atoms with van der Waals surface area (Å²) in [4.78, 5) is 29.3. The summed E-state index contributed by atoms with van der Waals surface area (Å²) in [5, 5.41) is 2.76. The van der Waals surface area contributed by atoms with Crippen LogP contribution < -0.4 is 10.8 Å². The second kappa shape index (κ2) is 6.26. The molecule has 5 heteroatoms. The van der Waals surface area contributed by atoms with Gasteiger partial charge in [-0.3, -0.25) is 14.4 Å². The predicted octanol–water partition coefficient (Wildman–Crippen LogP) is 1.64. The first-order valence-electron chi connectivity index (χ1n) is 7.13. The minimum Gasteiger partial charge on any atom is -0.355 e. The van der Waals surface area contributed by atoms with E-state index in [0.29, 0.717) is 6.54 Å². The molecular formula is C16H22N2O3. The first-order chi connectivity index (χ1) is 9.89. The van der Waals surface area contributed by atoms with Crippen LogP contribution in [0.5, 0.6) is 0 Å². The normalized spacial score (nSPS) is 22.0. The summed E-state index contributed by atoms with van der Waals surface area (Å²) in [5.41, 5.74) is 3.24. The fourth-order valence-electron chi connectivity index (χ4n) is 2.56.